The maximum atomic E-state index is 13.0. The van der Waals surface area contributed by atoms with E-state index in [9.17, 15) is 19.7 Å². The number of aromatic nitrogens is 2. The van der Waals surface area contributed by atoms with Gasteiger partial charge in [0.1, 0.15) is 19.0 Å². The minimum atomic E-state index is -0.991. The maximum Gasteiger partial charge on any atom is 0.510 e. The Morgan fingerprint density at radius 2 is 1.67 bits per heavy atom. The summed E-state index contributed by atoms with van der Waals surface area (Å²) in [4.78, 5) is 44.3. The Morgan fingerprint density at radius 1 is 1.02 bits per heavy atom. The van der Waals surface area contributed by atoms with Crippen LogP contribution in [0.4, 0.5) is 4.79 Å². The zero-order valence-electron chi connectivity index (χ0n) is 28.9. The van der Waals surface area contributed by atoms with E-state index >= 15 is 0 Å². The minimum Gasteiger partial charge on any atom is -0.431 e. The lowest BCUT2D eigenvalue weighted by molar-refractivity contribution is -0.763. The van der Waals surface area contributed by atoms with E-state index in [4.69, 9.17) is 42.1 Å². The van der Waals surface area contributed by atoms with Crippen molar-refractivity contribution in [2.75, 3.05) is 13.8 Å². The molecule has 4 aromatic rings. The quantitative estimate of drug-likeness (QED) is 0.0244. The van der Waals surface area contributed by atoms with Crippen molar-refractivity contribution in [3.63, 3.8) is 0 Å². The van der Waals surface area contributed by atoms with Crippen molar-refractivity contribution in [1.82, 2.24) is 14.7 Å². The standard InChI is InChI=1S/C35H40ClN7O9/c1-4-5-10-30-39-32(36)31(34(44)52-23(2)48-3)41(30)19-24-15-17-27(18-16-24)28-8-6-7-9-29(28)33(37)40-42(38)22-50-35(45)49-20-25-11-13-26(14-12-25)21-51-43(46)47/h6-9,11-18,23H,4-5,10,19-22,38H2,1-3H3,(H2,37,40). The molecule has 4 rings (SSSR count). The summed E-state index contributed by atoms with van der Waals surface area (Å²) in [5.41, 5.74) is 10.8. The summed E-state index contributed by atoms with van der Waals surface area (Å²) < 4.78 is 22.4. The number of esters is 1. The molecule has 0 aliphatic carbocycles. The van der Waals surface area contributed by atoms with Crippen LogP contribution in [-0.4, -0.2) is 57.8 Å². The number of nitrogens with two attached hydrogens (primary N) is 2. The molecule has 1 unspecified atom stereocenters. The second kappa shape index (κ2) is 19.1. The average Bonchev–Trinajstić information content (AvgIpc) is 3.45. The number of carbonyl (C=O) groups is 2. The highest BCUT2D eigenvalue weighted by Crippen LogP contribution is 2.26. The summed E-state index contributed by atoms with van der Waals surface area (Å²) in [6, 6.07) is 21.5. The first-order valence-corrected chi connectivity index (χ1v) is 16.5. The van der Waals surface area contributed by atoms with E-state index in [-0.39, 0.29) is 29.9 Å². The number of hydrogen-bond donors (Lipinski definition) is 2. The van der Waals surface area contributed by atoms with Crippen LogP contribution in [0.2, 0.25) is 5.15 Å². The molecule has 52 heavy (non-hydrogen) atoms. The Hall–Kier alpha value is -5.71. The highest BCUT2D eigenvalue weighted by molar-refractivity contribution is 6.32. The van der Waals surface area contributed by atoms with Gasteiger partial charge in [-0.2, -0.15) is 5.12 Å². The molecule has 0 spiro atoms. The lowest BCUT2D eigenvalue weighted by Gasteiger charge is -2.16. The van der Waals surface area contributed by atoms with Crippen molar-refractivity contribution in [1.29, 1.82) is 0 Å². The number of unbranched alkanes of at least 4 members (excludes halogenated alkanes) is 1. The van der Waals surface area contributed by atoms with Gasteiger partial charge in [-0.3, -0.25) is 0 Å². The maximum absolute atomic E-state index is 13.0. The number of nitrogens with zero attached hydrogens (tertiary/aromatic N) is 5. The molecule has 0 saturated carbocycles. The number of halogens is 1. The van der Waals surface area contributed by atoms with Crippen LogP contribution in [0, 0.1) is 10.1 Å². The number of hydrazone groups is 1. The van der Waals surface area contributed by atoms with Crippen molar-refractivity contribution in [2.24, 2.45) is 16.7 Å². The normalized spacial score (nSPS) is 11.8. The van der Waals surface area contributed by atoms with Crippen LogP contribution >= 0.6 is 11.6 Å². The number of hydrazine groups is 1. The molecule has 17 heteroatoms. The molecule has 16 nitrogen and oxygen atoms in total. The largest absolute Gasteiger partial charge is 0.510 e. The van der Waals surface area contributed by atoms with Gasteiger partial charge in [-0.25, -0.2) is 20.4 Å². The Balaban J connectivity index is 1.40. The fraction of sp³-hybridized carbons (Fsp3) is 0.314. The molecule has 0 aliphatic rings. The number of amidine groups is 1. The zero-order valence-corrected chi connectivity index (χ0v) is 29.7. The van der Waals surface area contributed by atoms with E-state index in [2.05, 4.69) is 21.8 Å². The molecular weight excluding hydrogens is 698 g/mol. The molecular formula is C35H40ClN7O9. The van der Waals surface area contributed by atoms with Crippen LogP contribution in [0.15, 0.2) is 77.9 Å². The van der Waals surface area contributed by atoms with E-state index < -0.39 is 30.2 Å². The number of imidazole rings is 1. The van der Waals surface area contributed by atoms with E-state index in [0.29, 0.717) is 35.5 Å². The third kappa shape index (κ3) is 11.1. The SMILES string of the molecule is CCCCc1nc(Cl)c(C(=O)OC(C)OC)n1Cc1ccc(-c2ccccc2/C(N)=N/N(N)COC(=O)OCc2ccc(CO[N+](=O)[O-])cc2)cc1. The molecule has 1 aromatic heterocycles. The van der Waals surface area contributed by atoms with Gasteiger partial charge < -0.3 is 34.1 Å². The summed E-state index contributed by atoms with van der Waals surface area (Å²) in [5, 5.41) is 14.6. The van der Waals surface area contributed by atoms with Gasteiger partial charge in [-0.05, 0) is 41.2 Å². The molecule has 276 valence electrons. The third-order valence-electron chi connectivity index (χ3n) is 7.63. The van der Waals surface area contributed by atoms with Crippen molar-refractivity contribution in [3.8, 4) is 11.1 Å². The predicted octanol–water partition coefficient (Wildman–Crippen LogP) is 5.56. The first kappa shape index (κ1) is 39.1. The van der Waals surface area contributed by atoms with Gasteiger partial charge in [-0.1, -0.05) is 97.7 Å². The van der Waals surface area contributed by atoms with Crippen molar-refractivity contribution < 1.29 is 38.5 Å². The summed E-state index contributed by atoms with van der Waals surface area (Å²) in [5.74, 6) is 6.07. The van der Waals surface area contributed by atoms with Crippen molar-refractivity contribution in [3.05, 3.63) is 122 Å². The Labute approximate surface area is 304 Å². The lowest BCUT2D eigenvalue weighted by atomic mass is 9.98. The number of carbonyl (C=O) groups excluding carboxylic acids is 2. The van der Waals surface area contributed by atoms with Crippen molar-refractivity contribution in [2.45, 2.75) is 59.2 Å². The highest BCUT2D eigenvalue weighted by Gasteiger charge is 2.25. The molecule has 0 bridgehead atoms. The van der Waals surface area contributed by atoms with E-state index in [0.717, 1.165) is 34.6 Å². The van der Waals surface area contributed by atoms with Crippen LogP contribution in [0.25, 0.3) is 11.1 Å². The number of rotatable bonds is 18. The number of methoxy groups -OCH3 is 1. The smallest absolute Gasteiger partial charge is 0.431 e. The fourth-order valence-corrected chi connectivity index (χ4v) is 5.20. The van der Waals surface area contributed by atoms with Crippen LogP contribution < -0.4 is 11.6 Å². The second-order valence-corrected chi connectivity index (χ2v) is 11.7. The number of hydrogen-bond acceptors (Lipinski definition) is 13. The number of aryl methyl sites for hydroxylation is 1. The molecule has 0 radical (unpaired) electrons. The second-order valence-electron chi connectivity index (χ2n) is 11.4. The zero-order chi connectivity index (χ0) is 37.6. The molecule has 1 heterocycles. The van der Waals surface area contributed by atoms with Gasteiger partial charge in [0.2, 0.25) is 0 Å². The summed E-state index contributed by atoms with van der Waals surface area (Å²) in [6.07, 6.45) is 0.703. The fourth-order valence-electron chi connectivity index (χ4n) is 4.93. The van der Waals surface area contributed by atoms with Gasteiger partial charge in [-0.15, -0.1) is 15.2 Å². The average molecular weight is 738 g/mol. The molecule has 3 aromatic carbocycles. The Morgan fingerprint density at radius 3 is 2.33 bits per heavy atom. The van der Waals surface area contributed by atoms with Crippen LogP contribution in [0.5, 0.6) is 0 Å². The summed E-state index contributed by atoms with van der Waals surface area (Å²) >= 11 is 6.44. The number of benzene rings is 3. The summed E-state index contributed by atoms with van der Waals surface area (Å²) in [6.45, 7) is 3.27. The highest BCUT2D eigenvalue weighted by atomic mass is 35.5. The molecule has 0 amide bonds. The van der Waals surface area contributed by atoms with Gasteiger partial charge >= 0.3 is 12.1 Å². The predicted molar refractivity (Wildman–Crippen MR) is 190 cm³/mol. The molecule has 4 N–H and O–H groups in total. The van der Waals surface area contributed by atoms with Crippen LogP contribution in [-0.2, 0) is 50.0 Å². The monoisotopic (exact) mass is 737 g/mol. The minimum absolute atomic E-state index is 0.0716. The lowest BCUT2D eigenvalue weighted by Crippen LogP contribution is -2.33. The van der Waals surface area contributed by atoms with Crippen LogP contribution in [0.3, 0.4) is 0 Å². The Bertz CT molecular complexity index is 1850. The molecule has 0 saturated heterocycles. The first-order chi connectivity index (χ1) is 25.0. The van der Waals surface area contributed by atoms with Crippen molar-refractivity contribution >= 4 is 29.6 Å². The Kier molecular flexibility index (Phi) is 14.3. The molecule has 1 atom stereocenters. The van der Waals surface area contributed by atoms with E-state index in [1.807, 2.05) is 36.4 Å². The van der Waals surface area contributed by atoms with Gasteiger partial charge in [0.15, 0.2) is 29.7 Å². The van der Waals surface area contributed by atoms with Crippen LogP contribution in [0.1, 0.15) is 65.3 Å². The van der Waals surface area contributed by atoms with Gasteiger partial charge in [0, 0.05) is 25.6 Å². The topological polar surface area (TPSA) is 209 Å². The first-order valence-electron chi connectivity index (χ1n) is 16.2. The summed E-state index contributed by atoms with van der Waals surface area (Å²) in [7, 11) is 1.44. The third-order valence-corrected chi connectivity index (χ3v) is 7.90. The molecule has 0 fully saturated rings. The van der Waals surface area contributed by atoms with E-state index in [1.54, 1.807) is 47.9 Å². The van der Waals surface area contributed by atoms with E-state index in [1.165, 1.54) is 7.11 Å². The molecule has 0 aliphatic heterocycles. The van der Waals surface area contributed by atoms with Gasteiger partial charge in [0.25, 0.3) is 5.09 Å². The number of ether oxygens (including phenoxy) is 4. The van der Waals surface area contributed by atoms with Gasteiger partial charge in [0.05, 0.1) is 0 Å².